The molecular weight excluding hydrogens is 260 g/mol. The number of nitrogens with two attached hydrogens (primary N) is 2. The highest BCUT2D eigenvalue weighted by molar-refractivity contribution is 6.05. The Kier molecular flexibility index (Phi) is 6.27. The molecule has 1 fully saturated rings. The molecule has 20 heavy (non-hydrogen) atoms. The Bertz CT molecular complexity index is 351. The molecule has 7 heteroatoms. The molecule has 0 atom stereocenters. The highest BCUT2D eigenvalue weighted by Gasteiger charge is 2.25. The zero-order valence-electron chi connectivity index (χ0n) is 11.9. The smallest absolute Gasteiger partial charge is 0.315 e. The first-order valence-corrected chi connectivity index (χ1v) is 7.07. The van der Waals surface area contributed by atoms with Gasteiger partial charge in [-0.1, -0.05) is 26.2 Å². The lowest BCUT2D eigenvalue weighted by atomic mass is 9.81. The number of hydrogen-bond acceptors (Lipinski definition) is 3. The van der Waals surface area contributed by atoms with Gasteiger partial charge in [0.1, 0.15) is 0 Å². The van der Waals surface area contributed by atoms with Crippen LogP contribution < -0.4 is 22.1 Å². The third-order valence-electron chi connectivity index (χ3n) is 3.94. The summed E-state index contributed by atoms with van der Waals surface area (Å²) in [5.41, 5.74) is 9.95. The lowest BCUT2D eigenvalue weighted by molar-refractivity contribution is -0.128. The molecule has 1 saturated carbocycles. The van der Waals surface area contributed by atoms with E-state index in [2.05, 4.69) is 17.6 Å². The maximum atomic E-state index is 11.6. The summed E-state index contributed by atoms with van der Waals surface area (Å²) in [6.07, 6.45) is 5.77. The fourth-order valence-corrected chi connectivity index (χ4v) is 2.55. The van der Waals surface area contributed by atoms with Gasteiger partial charge in [0.25, 0.3) is 0 Å². The Morgan fingerprint density at radius 1 is 1.05 bits per heavy atom. The maximum absolute atomic E-state index is 11.6. The second kappa shape index (κ2) is 7.72. The van der Waals surface area contributed by atoms with Crippen molar-refractivity contribution in [1.82, 2.24) is 10.6 Å². The minimum atomic E-state index is -1.47. The van der Waals surface area contributed by atoms with Gasteiger partial charge in [-0.25, -0.2) is 4.79 Å². The molecule has 0 aromatic rings. The second-order valence-corrected chi connectivity index (χ2v) is 5.39. The summed E-state index contributed by atoms with van der Waals surface area (Å²) >= 11 is 0. The highest BCUT2D eigenvalue weighted by atomic mass is 16.2. The molecule has 7 nitrogen and oxygen atoms in total. The molecule has 6 N–H and O–H groups in total. The molecule has 0 spiro atoms. The van der Waals surface area contributed by atoms with Crippen molar-refractivity contribution >= 4 is 17.8 Å². The lowest BCUT2D eigenvalue weighted by Gasteiger charge is -2.28. The zero-order valence-corrected chi connectivity index (χ0v) is 11.9. The Morgan fingerprint density at radius 3 is 2.00 bits per heavy atom. The first-order valence-electron chi connectivity index (χ1n) is 7.07. The molecule has 1 rings (SSSR count). The SMILES string of the molecule is CCC1CCC(CNC(=O)NC(C(N)=O)C(N)=O)CC1. The van der Waals surface area contributed by atoms with Crippen LogP contribution in [0.5, 0.6) is 0 Å². The Morgan fingerprint density at radius 2 is 1.55 bits per heavy atom. The summed E-state index contributed by atoms with van der Waals surface area (Å²) < 4.78 is 0. The van der Waals surface area contributed by atoms with Crippen molar-refractivity contribution in [3.8, 4) is 0 Å². The van der Waals surface area contributed by atoms with E-state index in [0.29, 0.717) is 12.5 Å². The van der Waals surface area contributed by atoms with Crippen LogP contribution in [0.25, 0.3) is 0 Å². The van der Waals surface area contributed by atoms with E-state index in [1.807, 2.05) is 0 Å². The van der Waals surface area contributed by atoms with E-state index in [-0.39, 0.29) is 0 Å². The van der Waals surface area contributed by atoms with Gasteiger partial charge in [0, 0.05) is 6.54 Å². The summed E-state index contributed by atoms with van der Waals surface area (Å²) in [4.78, 5) is 33.4. The average molecular weight is 284 g/mol. The molecule has 0 bridgehead atoms. The van der Waals surface area contributed by atoms with Gasteiger partial charge in [-0.3, -0.25) is 9.59 Å². The fraction of sp³-hybridized carbons (Fsp3) is 0.769. The standard InChI is InChI=1S/C13H24N4O3/c1-2-8-3-5-9(6-4-8)7-16-13(20)17-10(11(14)18)12(15)19/h8-10H,2-7H2,1H3,(H2,14,18)(H2,15,19)(H2,16,17,20). The number of carbonyl (C=O) groups excluding carboxylic acids is 3. The van der Waals surface area contributed by atoms with Gasteiger partial charge in [-0.15, -0.1) is 0 Å². The van der Waals surface area contributed by atoms with Crippen molar-refractivity contribution < 1.29 is 14.4 Å². The van der Waals surface area contributed by atoms with Gasteiger partial charge >= 0.3 is 6.03 Å². The monoisotopic (exact) mass is 284 g/mol. The van der Waals surface area contributed by atoms with Gasteiger partial charge in [0.2, 0.25) is 11.8 Å². The molecular formula is C13H24N4O3. The number of rotatable bonds is 6. The molecule has 0 unspecified atom stereocenters. The number of amides is 4. The van der Waals surface area contributed by atoms with E-state index in [1.165, 1.54) is 19.3 Å². The molecule has 0 aromatic carbocycles. The number of carbonyl (C=O) groups is 3. The van der Waals surface area contributed by atoms with Crippen LogP contribution in [0, 0.1) is 11.8 Å². The zero-order chi connectivity index (χ0) is 15.1. The minimum absolute atomic E-state index is 0.448. The van der Waals surface area contributed by atoms with Crippen molar-refractivity contribution in [3.63, 3.8) is 0 Å². The van der Waals surface area contributed by atoms with Crippen LogP contribution in [0.2, 0.25) is 0 Å². The predicted molar refractivity (Wildman–Crippen MR) is 74.5 cm³/mol. The number of primary amides is 2. The topological polar surface area (TPSA) is 127 Å². The van der Waals surface area contributed by atoms with Crippen LogP contribution in [-0.2, 0) is 9.59 Å². The van der Waals surface area contributed by atoms with Crippen LogP contribution >= 0.6 is 0 Å². The summed E-state index contributed by atoms with van der Waals surface area (Å²) in [7, 11) is 0. The molecule has 0 aliphatic heterocycles. The molecule has 0 aromatic heterocycles. The third-order valence-corrected chi connectivity index (χ3v) is 3.94. The van der Waals surface area contributed by atoms with Crippen molar-refractivity contribution in [2.75, 3.05) is 6.54 Å². The molecule has 4 amide bonds. The third kappa shape index (κ3) is 5.07. The number of urea groups is 1. The van der Waals surface area contributed by atoms with Crippen molar-refractivity contribution in [1.29, 1.82) is 0 Å². The first-order chi connectivity index (χ1) is 9.43. The summed E-state index contributed by atoms with van der Waals surface area (Å²) in [6, 6.07) is -2.06. The minimum Gasteiger partial charge on any atom is -0.367 e. The quantitative estimate of drug-likeness (QED) is 0.506. The Hall–Kier alpha value is -1.79. The fourth-order valence-electron chi connectivity index (χ4n) is 2.55. The van der Waals surface area contributed by atoms with E-state index in [1.54, 1.807) is 0 Å². The predicted octanol–water partition coefficient (Wildman–Crippen LogP) is -0.159. The van der Waals surface area contributed by atoms with Crippen molar-refractivity contribution in [3.05, 3.63) is 0 Å². The van der Waals surface area contributed by atoms with E-state index in [4.69, 9.17) is 11.5 Å². The van der Waals surface area contributed by atoms with Gasteiger partial charge in [0.05, 0.1) is 0 Å². The molecule has 1 aliphatic rings. The number of nitrogens with one attached hydrogen (secondary N) is 2. The van der Waals surface area contributed by atoms with Gasteiger partial charge < -0.3 is 22.1 Å². The average Bonchev–Trinajstić information content (AvgIpc) is 2.42. The van der Waals surface area contributed by atoms with Gasteiger partial charge in [0.15, 0.2) is 6.04 Å². The van der Waals surface area contributed by atoms with Gasteiger partial charge in [-0.05, 0) is 24.7 Å². The summed E-state index contributed by atoms with van der Waals surface area (Å²) in [6.45, 7) is 2.73. The molecule has 0 saturated heterocycles. The molecule has 0 radical (unpaired) electrons. The van der Waals surface area contributed by atoms with Crippen LogP contribution in [0.1, 0.15) is 39.0 Å². The van der Waals surface area contributed by atoms with Crippen LogP contribution in [0.3, 0.4) is 0 Å². The summed E-state index contributed by atoms with van der Waals surface area (Å²) in [5.74, 6) is -0.675. The largest absolute Gasteiger partial charge is 0.367 e. The van der Waals surface area contributed by atoms with Crippen molar-refractivity contribution in [2.45, 2.75) is 45.1 Å². The van der Waals surface area contributed by atoms with E-state index in [0.717, 1.165) is 18.8 Å². The maximum Gasteiger partial charge on any atom is 0.315 e. The number of hydrogen-bond donors (Lipinski definition) is 4. The van der Waals surface area contributed by atoms with E-state index in [9.17, 15) is 14.4 Å². The lowest BCUT2D eigenvalue weighted by Crippen LogP contribution is -2.55. The Labute approximate surface area is 118 Å². The first kappa shape index (κ1) is 16.3. The molecule has 0 heterocycles. The van der Waals surface area contributed by atoms with Crippen LogP contribution in [0.15, 0.2) is 0 Å². The second-order valence-electron chi connectivity index (χ2n) is 5.39. The normalized spacial score (nSPS) is 22.3. The molecule has 114 valence electrons. The van der Waals surface area contributed by atoms with E-state index < -0.39 is 23.9 Å². The van der Waals surface area contributed by atoms with Crippen LogP contribution in [0.4, 0.5) is 4.79 Å². The Balaban J connectivity index is 2.29. The van der Waals surface area contributed by atoms with Crippen LogP contribution in [-0.4, -0.2) is 30.4 Å². The van der Waals surface area contributed by atoms with Crippen molar-refractivity contribution in [2.24, 2.45) is 23.3 Å². The molecule has 1 aliphatic carbocycles. The highest BCUT2D eigenvalue weighted by Crippen LogP contribution is 2.29. The van der Waals surface area contributed by atoms with Gasteiger partial charge in [-0.2, -0.15) is 0 Å². The van der Waals surface area contributed by atoms with E-state index >= 15 is 0 Å². The summed E-state index contributed by atoms with van der Waals surface area (Å²) in [5, 5.41) is 4.84.